The number of halogens is 1. The first-order chi connectivity index (χ1) is 5.62. The van der Waals surface area contributed by atoms with Gasteiger partial charge in [-0.3, -0.25) is 0 Å². The molecule has 1 fully saturated rings. The van der Waals surface area contributed by atoms with Crippen molar-refractivity contribution in [1.29, 1.82) is 0 Å². The number of aliphatic hydroxyl groups excluding tert-OH is 1. The third-order valence-electron chi connectivity index (χ3n) is 2.24. The van der Waals surface area contributed by atoms with Crippen LogP contribution < -0.4 is 5.73 Å². The fourth-order valence-electron chi connectivity index (χ4n) is 1.18. The summed E-state index contributed by atoms with van der Waals surface area (Å²) in [7, 11) is 0. The van der Waals surface area contributed by atoms with Gasteiger partial charge in [0.2, 0.25) is 0 Å². The van der Waals surface area contributed by atoms with Crippen LogP contribution in [0.1, 0.15) is 23.8 Å². The van der Waals surface area contributed by atoms with Crippen LogP contribution in [0.2, 0.25) is 4.34 Å². The van der Waals surface area contributed by atoms with Gasteiger partial charge in [0.25, 0.3) is 0 Å². The Morgan fingerprint density at radius 3 is 2.67 bits per heavy atom. The smallest absolute Gasteiger partial charge is 0.106 e. The third-order valence-corrected chi connectivity index (χ3v) is 3.52. The van der Waals surface area contributed by atoms with Crippen molar-refractivity contribution in [3.05, 3.63) is 21.3 Å². The molecule has 4 heteroatoms. The lowest BCUT2D eigenvalue weighted by Crippen LogP contribution is -2.29. The molecule has 0 aliphatic heterocycles. The zero-order valence-electron chi connectivity index (χ0n) is 6.46. The number of hydrogen-bond acceptors (Lipinski definition) is 3. The topological polar surface area (TPSA) is 46.2 Å². The summed E-state index contributed by atoms with van der Waals surface area (Å²) in [6, 6.07) is 3.63. The van der Waals surface area contributed by atoms with Gasteiger partial charge in [-0.05, 0) is 25.0 Å². The van der Waals surface area contributed by atoms with Gasteiger partial charge >= 0.3 is 0 Å². The second-order valence-corrected chi connectivity index (χ2v) is 5.02. The van der Waals surface area contributed by atoms with E-state index < -0.39 is 6.10 Å². The minimum atomic E-state index is -0.532. The molecular formula is C8H10ClNOS. The van der Waals surface area contributed by atoms with E-state index in [-0.39, 0.29) is 5.54 Å². The predicted octanol–water partition coefficient (Wildman–Crippen LogP) is 1.93. The minimum absolute atomic E-state index is 0.367. The van der Waals surface area contributed by atoms with Gasteiger partial charge in [0.1, 0.15) is 6.10 Å². The molecule has 1 aliphatic rings. The molecule has 1 unspecified atom stereocenters. The highest BCUT2D eigenvalue weighted by molar-refractivity contribution is 7.16. The Bertz CT molecular complexity index is 295. The Hall–Kier alpha value is -0.0900. The van der Waals surface area contributed by atoms with E-state index in [1.54, 1.807) is 6.07 Å². The Morgan fingerprint density at radius 2 is 2.25 bits per heavy atom. The van der Waals surface area contributed by atoms with Crippen molar-refractivity contribution in [1.82, 2.24) is 0 Å². The van der Waals surface area contributed by atoms with Gasteiger partial charge in [-0.1, -0.05) is 11.6 Å². The second-order valence-electron chi connectivity index (χ2n) is 3.28. The Labute approximate surface area is 80.0 Å². The minimum Gasteiger partial charge on any atom is -0.386 e. The highest BCUT2D eigenvalue weighted by Gasteiger charge is 2.46. The molecule has 1 saturated carbocycles. The first kappa shape index (κ1) is 8.51. The van der Waals surface area contributed by atoms with Gasteiger partial charge in [0.15, 0.2) is 0 Å². The van der Waals surface area contributed by atoms with E-state index in [0.717, 1.165) is 17.7 Å². The summed E-state index contributed by atoms with van der Waals surface area (Å²) < 4.78 is 0.702. The quantitative estimate of drug-likeness (QED) is 0.772. The highest BCUT2D eigenvalue weighted by Crippen LogP contribution is 2.45. The van der Waals surface area contributed by atoms with E-state index in [1.165, 1.54) is 11.3 Å². The van der Waals surface area contributed by atoms with Crippen LogP contribution in [0.5, 0.6) is 0 Å². The van der Waals surface area contributed by atoms with E-state index >= 15 is 0 Å². The van der Waals surface area contributed by atoms with Gasteiger partial charge in [-0.2, -0.15) is 0 Å². The van der Waals surface area contributed by atoms with Crippen molar-refractivity contribution in [2.75, 3.05) is 0 Å². The van der Waals surface area contributed by atoms with Crippen molar-refractivity contribution in [2.45, 2.75) is 24.5 Å². The SMILES string of the molecule is NC1(C(O)c2ccc(Cl)s2)CC1. The molecule has 0 radical (unpaired) electrons. The average molecular weight is 204 g/mol. The van der Waals surface area contributed by atoms with Crippen LogP contribution in [0.25, 0.3) is 0 Å². The molecule has 0 amide bonds. The number of hydrogen-bond donors (Lipinski definition) is 2. The van der Waals surface area contributed by atoms with Crippen LogP contribution in [-0.2, 0) is 0 Å². The van der Waals surface area contributed by atoms with E-state index in [4.69, 9.17) is 17.3 Å². The standard InChI is InChI=1S/C8H10ClNOS/c9-6-2-1-5(12-6)7(11)8(10)3-4-8/h1-2,7,11H,3-4,10H2. The van der Waals surface area contributed by atoms with Gasteiger partial charge in [-0.15, -0.1) is 11.3 Å². The summed E-state index contributed by atoms with van der Waals surface area (Å²) in [6.45, 7) is 0. The van der Waals surface area contributed by atoms with Crippen molar-refractivity contribution in [3.63, 3.8) is 0 Å². The maximum Gasteiger partial charge on any atom is 0.106 e. The summed E-state index contributed by atoms with van der Waals surface area (Å²) in [5.74, 6) is 0. The molecule has 0 aromatic carbocycles. The van der Waals surface area contributed by atoms with Crippen molar-refractivity contribution in [3.8, 4) is 0 Å². The molecule has 1 heterocycles. The summed E-state index contributed by atoms with van der Waals surface area (Å²) in [5, 5.41) is 9.76. The zero-order chi connectivity index (χ0) is 8.77. The molecule has 1 aromatic heterocycles. The van der Waals surface area contributed by atoms with E-state index in [1.807, 2.05) is 6.07 Å². The third kappa shape index (κ3) is 1.38. The lowest BCUT2D eigenvalue weighted by Gasteiger charge is -2.15. The summed E-state index contributed by atoms with van der Waals surface area (Å²) in [5.41, 5.74) is 5.48. The summed E-state index contributed by atoms with van der Waals surface area (Å²) in [6.07, 6.45) is 1.28. The summed E-state index contributed by atoms with van der Waals surface area (Å²) >= 11 is 7.14. The predicted molar refractivity (Wildman–Crippen MR) is 50.4 cm³/mol. The number of nitrogens with two attached hydrogens (primary N) is 1. The van der Waals surface area contributed by atoms with Crippen LogP contribution in [-0.4, -0.2) is 10.6 Å². The molecular weight excluding hydrogens is 194 g/mol. The number of aliphatic hydroxyl groups is 1. The average Bonchev–Trinajstić information content (AvgIpc) is 2.62. The molecule has 12 heavy (non-hydrogen) atoms. The zero-order valence-corrected chi connectivity index (χ0v) is 8.03. The van der Waals surface area contributed by atoms with Gasteiger partial charge in [0.05, 0.1) is 4.34 Å². The second kappa shape index (κ2) is 2.70. The monoisotopic (exact) mass is 203 g/mol. The molecule has 2 rings (SSSR count). The van der Waals surface area contributed by atoms with Gasteiger partial charge in [0, 0.05) is 10.4 Å². The fraction of sp³-hybridized carbons (Fsp3) is 0.500. The molecule has 1 atom stereocenters. The van der Waals surface area contributed by atoms with Crippen LogP contribution in [0.3, 0.4) is 0 Å². The lowest BCUT2D eigenvalue weighted by molar-refractivity contribution is 0.139. The fourth-order valence-corrected chi connectivity index (χ4v) is 2.35. The molecule has 3 N–H and O–H groups in total. The van der Waals surface area contributed by atoms with E-state index in [2.05, 4.69) is 0 Å². The van der Waals surface area contributed by atoms with Gasteiger partial charge in [-0.25, -0.2) is 0 Å². The molecule has 0 bridgehead atoms. The lowest BCUT2D eigenvalue weighted by atomic mass is 10.1. The molecule has 1 aliphatic carbocycles. The Kier molecular flexibility index (Phi) is 1.92. The maximum absolute atomic E-state index is 9.76. The Balaban J connectivity index is 2.19. The molecule has 1 aromatic rings. The van der Waals surface area contributed by atoms with E-state index in [9.17, 15) is 5.11 Å². The molecule has 2 nitrogen and oxygen atoms in total. The van der Waals surface area contributed by atoms with Crippen LogP contribution in [0.4, 0.5) is 0 Å². The molecule has 66 valence electrons. The molecule has 0 spiro atoms. The normalized spacial score (nSPS) is 22.2. The highest BCUT2D eigenvalue weighted by atomic mass is 35.5. The van der Waals surface area contributed by atoms with Crippen LogP contribution >= 0.6 is 22.9 Å². The maximum atomic E-state index is 9.76. The van der Waals surface area contributed by atoms with Crippen LogP contribution in [0, 0.1) is 0 Å². The molecule has 0 saturated heterocycles. The van der Waals surface area contributed by atoms with Gasteiger partial charge < -0.3 is 10.8 Å². The van der Waals surface area contributed by atoms with Crippen LogP contribution in [0.15, 0.2) is 12.1 Å². The van der Waals surface area contributed by atoms with E-state index in [0.29, 0.717) is 4.34 Å². The van der Waals surface area contributed by atoms with Crippen molar-refractivity contribution >= 4 is 22.9 Å². The first-order valence-electron chi connectivity index (χ1n) is 3.84. The number of rotatable bonds is 2. The Morgan fingerprint density at radius 1 is 1.58 bits per heavy atom. The van der Waals surface area contributed by atoms with Crippen molar-refractivity contribution in [2.24, 2.45) is 5.73 Å². The first-order valence-corrected chi connectivity index (χ1v) is 5.03. The largest absolute Gasteiger partial charge is 0.386 e. The number of thiophene rings is 1. The summed E-state index contributed by atoms with van der Waals surface area (Å²) in [4.78, 5) is 0.875. The van der Waals surface area contributed by atoms with Crippen molar-refractivity contribution < 1.29 is 5.11 Å².